The van der Waals surface area contributed by atoms with Crippen LogP contribution in [0.25, 0.3) is 0 Å². The van der Waals surface area contributed by atoms with Crippen molar-refractivity contribution < 1.29 is 56.8 Å². The van der Waals surface area contributed by atoms with Crippen molar-refractivity contribution in [2.75, 3.05) is 19.0 Å². The third-order valence-electron chi connectivity index (χ3n) is 6.94. The summed E-state index contributed by atoms with van der Waals surface area (Å²) >= 11 is 0. The standard InChI is InChI=1S/C28H52O12S/c1-3-5-7-9-11-13-14-16-23(29)37-18-21(39-24(30)17-15-12-10-8-6-4-2)19-38-28-27(33)26(32)25(31)22(40-28)20-41(34,35)36/h21-22,25-28,31-33H,3-20H2,1-2H3,(H,34,35,36)/t21-,22-,25-,26+,27-,28-/m1/s1. The van der Waals surface area contributed by atoms with Gasteiger partial charge < -0.3 is 34.3 Å². The highest BCUT2D eigenvalue weighted by atomic mass is 32.2. The van der Waals surface area contributed by atoms with Gasteiger partial charge in [-0.05, 0) is 12.8 Å². The summed E-state index contributed by atoms with van der Waals surface area (Å²) in [6.45, 7) is 3.56. The molecular formula is C28H52O12S. The minimum Gasteiger partial charge on any atom is -0.462 e. The maximum atomic E-state index is 12.5. The number of ether oxygens (including phenoxy) is 4. The maximum Gasteiger partial charge on any atom is 0.306 e. The largest absolute Gasteiger partial charge is 0.462 e. The van der Waals surface area contributed by atoms with Gasteiger partial charge in [-0.25, -0.2) is 0 Å². The van der Waals surface area contributed by atoms with Crippen LogP contribution in [0.4, 0.5) is 0 Å². The zero-order valence-electron chi connectivity index (χ0n) is 24.7. The molecule has 0 aliphatic carbocycles. The lowest BCUT2D eigenvalue weighted by atomic mass is 10.00. The topological polar surface area (TPSA) is 186 Å². The van der Waals surface area contributed by atoms with Crippen molar-refractivity contribution in [1.29, 1.82) is 0 Å². The molecule has 0 unspecified atom stereocenters. The van der Waals surface area contributed by atoms with E-state index < -0.39 is 71.2 Å². The molecule has 1 saturated heterocycles. The molecule has 1 aliphatic heterocycles. The Morgan fingerprint density at radius 3 is 1.78 bits per heavy atom. The number of carbonyl (C=O) groups excluding carboxylic acids is 2. The van der Waals surface area contributed by atoms with Crippen molar-refractivity contribution >= 4 is 22.1 Å². The Balaban J connectivity index is 2.65. The van der Waals surface area contributed by atoms with Crippen molar-refractivity contribution in [2.24, 2.45) is 0 Å². The predicted octanol–water partition coefficient (Wildman–Crippen LogP) is 3.04. The van der Waals surface area contributed by atoms with Gasteiger partial charge in [-0.3, -0.25) is 14.1 Å². The monoisotopic (exact) mass is 612 g/mol. The molecule has 1 rings (SSSR count). The van der Waals surface area contributed by atoms with E-state index in [2.05, 4.69) is 13.8 Å². The van der Waals surface area contributed by atoms with Crippen LogP contribution in [-0.2, 0) is 38.7 Å². The zero-order valence-corrected chi connectivity index (χ0v) is 25.5. The van der Waals surface area contributed by atoms with Crippen LogP contribution < -0.4 is 0 Å². The maximum absolute atomic E-state index is 12.5. The van der Waals surface area contributed by atoms with Gasteiger partial charge in [-0.15, -0.1) is 0 Å². The lowest BCUT2D eigenvalue weighted by Crippen LogP contribution is -2.60. The normalized spacial score (nSPS) is 23.7. The molecule has 1 aliphatic rings. The van der Waals surface area contributed by atoms with Crippen molar-refractivity contribution in [3.05, 3.63) is 0 Å². The first-order chi connectivity index (χ1) is 19.5. The van der Waals surface area contributed by atoms with Gasteiger partial charge in [0, 0.05) is 12.8 Å². The highest BCUT2D eigenvalue weighted by Crippen LogP contribution is 2.23. The molecule has 0 aromatic carbocycles. The first-order valence-electron chi connectivity index (χ1n) is 15.1. The molecule has 12 nitrogen and oxygen atoms in total. The Labute approximate surface area is 244 Å². The van der Waals surface area contributed by atoms with Gasteiger partial charge in [0.25, 0.3) is 10.1 Å². The molecule has 6 atom stereocenters. The SMILES string of the molecule is CCCCCCCCCC(=O)OC[C@H](CO[C@@H]1O[C@H](CS(=O)(=O)O)[C@@H](O)[C@H](O)[C@H]1O)OC(=O)CCCCCCCC. The fourth-order valence-electron chi connectivity index (χ4n) is 4.50. The second-order valence-electron chi connectivity index (χ2n) is 10.8. The Morgan fingerprint density at radius 2 is 1.24 bits per heavy atom. The van der Waals surface area contributed by atoms with E-state index >= 15 is 0 Å². The van der Waals surface area contributed by atoms with Crippen LogP contribution in [0.5, 0.6) is 0 Å². The van der Waals surface area contributed by atoms with Crippen LogP contribution in [0.3, 0.4) is 0 Å². The average Bonchev–Trinajstić information content (AvgIpc) is 2.91. The number of hydrogen-bond donors (Lipinski definition) is 4. The molecule has 0 aromatic heterocycles. The molecule has 0 aromatic rings. The fourth-order valence-corrected chi connectivity index (χ4v) is 5.19. The molecule has 41 heavy (non-hydrogen) atoms. The second-order valence-corrected chi connectivity index (χ2v) is 12.3. The van der Waals surface area contributed by atoms with E-state index in [9.17, 15) is 33.3 Å². The van der Waals surface area contributed by atoms with Crippen molar-refractivity contribution in [1.82, 2.24) is 0 Å². The third kappa shape index (κ3) is 17.4. The Bertz CT molecular complexity index is 821. The molecule has 1 heterocycles. The smallest absolute Gasteiger partial charge is 0.306 e. The predicted molar refractivity (Wildman–Crippen MR) is 150 cm³/mol. The van der Waals surface area contributed by atoms with Gasteiger partial charge in [-0.2, -0.15) is 8.42 Å². The average molecular weight is 613 g/mol. The number of aliphatic hydroxyl groups excluding tert-OH is 3. The first kappa shape index (κ1) is 37.7. The second kappa shape index (κ2) is 21.4. The van der Waals surface area contributed by atoms with E-state index in [1.807, 2.05) is 0 Å². The Kier molecular flexibility index (Phi) is 19.6. The van der Waals surface area contributed by atoms with Gasteiger partial charge in [-0.1, -0.05) is 84.5 Å². The molecule has 0 amide bonds. The van der Waals surface area contributed by atoms with Crippen LogP contribution in [0.15, 0.2) is 0 Å². The fraction of sp³-hybridized carbons (Fsp3) is 0.929. The van der Waals surface area contributed by atoms with Gasteiger partial charge in [0.1, 0.15) is 36.8 Å². The van der Waals surface area contributed by atoms with E-state index in [4.69, 9.17) is 23.5 Å². The number of rotatable bonds is 23. The molecule has 13 heteroatoms. The van der Waals surface area contributed by atoms with Crippen LogP contribution in [0.1, 0.15) is 110 Å². The quantitative estimate of drug-likeness (QED) is 0.0752. The minimum atomic E-state index is -4.58. The number of unbranched alkanes of at least 4 members (excludes halogenated alkanes) is 11. The van der Waals surface area contributed by atoms with Crippen molar-refractivity contribution in [3.8, 4) is 0 Å². The first-order valence-corrected chi connectivity index (χ1v) is 16.7. The Hall–Kier alpha value is -1.35. The van der Waals surface area contributed by atoms with E-state index in [0.717, 1.165) is 51.4 Å². The highest BCUT2D eigenvalue weighted by Gasteiger charge is 2.46. The third-order valence-corrected chi connectivity index (χ3v) is 7.69. The number of carbonyl (C=O) groups is 2. The molecule has 0 radical (unpaired) electrons. The summed E-state index contributed by atoms with van der Waals surface area (Å²) in [5.41, 5.74) is 0. The highest BCUT2D eigenvalue weighted by molar-refractivity contribution is 7.85. The van der Waals surface area contributed by atoms with Gasteiger partial charge in [0.05, 0.1) is 6.61 Å². The summed E-state index contributed by atoms with van der Waals surface area (Å²) in [4.78, 5) is 24.7. The molecular weight excluding hydrogens is 560 g/mol. The number of aliphatic hydroxyl groups is 3. The number of esters is 2. The molecule has 242 valence electrons. The van der Waals surface area contributed by atoms with E-state index in [-0.39, 0.29) is 19.4 Å². The lowest BCUT2D eigenvalue weighted by Gasteiger charge is -2.40. The summed E-state index contributed by atoms with van der Waals surface area (Å²) in [5, 5.41) is 30.4. The zero-order chi connectivity index (χ0) is 30.7. The summed E-state index contributed by atoms with van der Waals surface area (Å²) < 4.78 is 53.2. The molecule has 0 saturated carbocycles. The van der Waals surface area contributed by atoms with Crippen LogP contribution in [0, 0.1) is 0 Å². The van der Waals surface area contributed by atoms with Crippen molar-refractivity contribution in [3.63, 3.8) is 0 Å². The summed E-state index contributed by atoms with van der Waals surface area (Å²) in [6.07, 6.45) is 3.95. The van der Waals surface area contributed by atoms with Crippen LogP contribution in [-0.4, -0.2) is 96.0 Å². The molecule has 0 bridgehead atoms. The van der Waals surface area contributed by atoms with Gasteiger partial charge in [0.2, 0.25) is 0 Å². The molecule has 0 spiro atoms. The Morgan fingerprint density at radius 1 is 0.732 bits per heavy atom. The van der Waals surface area contributed by atoms with E-state index in [0.29, 0.717) is 12.8 Å². The minimum absolute atomic E-state index is 0.165. The van der Waals surface area contributed by atoms with Crippen LogP contribution in [0.2, 0.25) is 0 Å². The van der Waals surface area contributed by atoms with Gasteiger partial charge >= 0.3 is 11.9 Å². The van der Waals surface area contributed by atoms with E-state index in [1.165, 1.54) is 19.3 Å². The molecule has 1 fully saturated rings. The van der Waals surface area contributed by atoms with E-state index in [1.54, 1.807) is 0 Å². The lowest BCUT2D eigenvalue weighted by molar-refractivity contribution is -0.297. The summed E-state index contributed by atoms with van der Waals surface area (Å²) in [5.74, 6) is -2.00. The summed E-state index contributed by atoms with van der Waals surface area (Å²) in [6, 6.07) is 0. The van der Waals surface area contributed by atoms with Crippen LogP contribution >= 0.6 is 0 Å². The van der Waals surface area contributed by atoms with Gasteiger partial charge in [0.15, 0.2) is 12.4 Å². The summed E-state index contributed by atoms with van der Waals surface area (Å²) in [7, 11) is -4.58. The van der Waals surface area contributed by atoms with Crippen molar-refractivity contribution in [2.45, 2.75) is 147 Å². The number of hydrogen-bond acceptors (Lipinski definition) is 11. The molecule has 4 N–H and O–H groups in total.